The first-order chi connectivity index (χ1) is 11.9. The molecule has 1 aromatic carbocycles. The Morgan fingerprint density at radius 1 is 1.31 bits per heavy atom. The molecule has 2 aliphatic rings. The maximum Gasteiger partial charge on any atom is 0.251 e. The van der Waals surface area contributed by atoms with Gasteiger partial charge in [-0.25, -0.2) is 4.39 Å². The predicted octanol–water partition coefficient (Wildman–Crippen LogP) is 3.28. The van der Waals surface area contributed by atoms with Crippen LogP contribution < -0.4 is 0 Å². The summed E-state index contributed by atoms with van der Waals surface area (Å²) in [5.41, 5.74) is 0.840. The van der Waals surface area contributed by atoms with Crippen molar-refractivity contribution in [1.29, 1.82) is 0 Å². The number of morpholine rings is 1. The molecule has 1 atom stereocenters. The second kappa shape index (κ2) is 8.68. The van der Waals surface area contributed by atoms with Crippen molar-refractivity contribution in [3.05, 3.63) is 35.6 Å². The minimum Gasteiger partial charge on any atom is -0.360 e. The maximum absolute atomic E-state index is 13.3. The van der Waals surface area contributed by atoms with Crippen LogP contribution in [0.3, 0.4) is 0 Å². The minimum atomic E-state index is -0.352. The van der Waals surface area contributed by atoms with Crippen molar-refractivity contribution in [2.24, 2.45) is 0 Å². The van der Waals surface area contributed by atoms with Crippen molar-refractivity contribution in [2.75, 3.05) is 26.2 Å². The van der Waals surface area contributed by atoms with Gasteiger partial charge < -0.3 is 14.5 Å². The predicted molar refractivity (Wildman–Crippen MR) is 103 cm³/mol. The molecular weight excluding hydrogens is 355 g/mol. The van der Waals surface area contributed by atoms with Gasteiger partial charge in [-0.2, -0.15) is 0 Å². The Labute approximate surface area is 162 Å². The summed E-state index contributed by atoms with van der Waals surface area (Å²) >= 11 is 0. The van der Waals surface area contributed by atoms with Gasteiger partial charge in [0.25, 0.3) is 5.91 Å². The second-order valence-corrected chi connectivity index (χ2v) is 7.72. The molecule has 0 aromatic heterocycles. The number of rotatable bonds is 4. The molecule has 0 unspecified atom stereocenters. The van der Waals surface area contributed by atoms with Crippen LogP contribution in [0.15, 0.2) is 24.3 Å². The number of benzene rings is 1. The summed E-state index contributed by atoms with van der Waals surface area (Å²) in [7, 11) is 0. The van der Waals surface area contributed by atoms with E-state index in [0.29, 0.717) is 6.54 Å². The molecule has 0 N–H and O–H groups in total. The molecule has 2 saturated heterocycles. The highest BCUT2D eigenvalue weighted by Gasteiger charge is 2.45. The van der Waals surface area contributed by atoms with Gasteiger partial charge in [0.1, 0.15) is 11.9 Å². The fourth-order valence-corrected chi connectivity index (χ4v) is 3.96. The third kappa shape index (κ3) is 4.76. The van der Waals surface area contributed by atoms with E-state index in [4.69, 9.17) is 4.74 Å². The highest BCUT2D eigenvalue weighted by atomic mass is 35.5. The number of piperidine rings is 1. The standard InChI is InChI=1S/C20H29FN2O2.ClH/c1-15(2)23-14-20(25-16(3)19(23)24)8-11-22(12-9-20)10-7-17-5-4-6-18(21)13-17;/h4-6,13,15-16H,7-12,14H2,1-3H3;1H/t16-;/m1./s1. The van der Waals surface area contributed by atoms with Crippen LogP contribution in [0.25, 0.3) is 0 Å². The van der Waals surface area contributed by atoms with Crippen LogP contribution in [-0.4, -0.2) is 59.6 Å². The third-order valence-electron chi connectivity index (χ3n) is 5.51. The van der Waals surface area contributed by atoms with E-state index in [1.54, 1.807) is 12.1 Å². The largest absolute Gasteiger partial charge is 0.360 e. The lowest BCUT2D eigenvalue weighted by Crippen LogP contribution is -2.62. The fraction of sp³-hybridized carbons (Fsp3) is 0.650. The van der Waals surface area contributed by atoms with Crippen LogP contribution in [0.4, 0.5) is 4.39 Å². The van der Waals surface area contributed by atoms with E-state index in [1.807, 2.05) is 17.9 Å². The van der Waals surface area contributed by atoms with Gasteiger partial charge >= 0.3 is 0 Å². The van der Waals surface area contributed by atoms with E-state index in [0.717, 1.165) is 44.5 Å². The number of halogens is 2. The van der Waals surface area contributed by atoms with Crippen molar-refractivity contribution < 1.29 is 13.9 Å². The summed E-state index contributed by atoms with van der Waals surface area (Å²) in [5.74, 6) is -0.0627. The summed E-state index contributed by atoms with van der Waals surface area (Å²) in [4.78, 5) is 16.7. The minimum absolute atomic E-state index is 0. The molecule has 0 saturated carbocycles. The molecule has 146 valence electrons. The van der Waals surface area contributed by atoms with Gasteiger partial charge in [-0.15, -0.1) is 12.4 Å². The Morgan fingerprint density at radius 3 is 2.62 bits per heavy atom. The smallest absolute Gasteiger partial charge is 0.251 e. The molecule has 26 heavy (non-hydrogen) atoms. The van der Waals surface area contributed by atoms with Gasteiger partial charge in [-0.3, -0.25) is 4.79 Å². The van der Waals surface area contributed by atoms with Crippen LogP contribution in [0.5, 0.6) is 0 Å². The lowest BCUT2D eigenvalue weighted by Gasteiger charge is -2.50. The number of ether oxygens (including phenoxy) is 1. The normalized spacial score (nSPS) is 23.3. The van der Waals surface area contributed by atoms with E-state index < -0.39 is 0 Å². The maximum atomic E-state index is 13.3. The van der Waals surface area contributed by atoms with E-state index >= 15 is 0 Å². The van der Waals surface area contributed by atoms with Crippen molar-refractivity contribution in [3.63, 3.8) is 0 Å². The molecule has 1 spiro atoms. The summed E-state index contributed by atoms with van der Waals surface area (Å²) in [6.45, 7) is 9.56. The molecule has 2 heterocycles. The lowest BCUT2D eigenvalue weighted by atomic mass is 9.88. The fourth-order valence-electron chi connectivity index (χ4n) is 3.96. The number of hydrogen-bond donors (Lipinski definition) is 0. The molecule has 2 aliphatic heterocycles. The van der Waals surface area contributed by atoms with E-state index in [-0.39, 0.29) is 41.9 Å². The van der Waals surface area contributed by atoms with Crippen molar-refractivity contribution in [2.45, 2.75) is 57.8 Å². The van der Waals surface area contributed by atoms with Gasteiger partial charge in [0.15, 0.2) is 0 Å². The second-order valence-electron chi connectivity index (χ2n) is 7.72. The van der Waals surface area contributed by atoms with E-state index in [2.05, 4.69) is 18.7 Å². The summed E-state index contributed by atoms with van der Waals surface area (Å²) < 4.78 is 19.4. The summed E-state index contributed by atoms with van der Waals surface area (Å²) in [5, 5.41) is 0. The number of amides is 1. The zero-order chi connectivity index (χ0) is 18.0. The Hall–Kier alpha value is -1.17. The van der Waals surface area contributed by atoms with Gasteiger partial charge in [0, 0.05) is 25.7 Å². The van der Waals surface area contributed by atoms with Crippen molar-refractivity contribution >= 4 is 18.3 Å². The van der Waals surface area contributed by atoms with Gasteiger partial charge in [0.05, 0.1) is 12.1 Å². The highest BCUT2D eigenvalue weighted by molar-refractivity contribution is 5.85. The van der Waals surface area contributed by atoms with Crippen LogP contribution in [0.1, 0.15) is 39.2 Å². The highest BCUT2D eigenvalue weighted by Crippen LogP contribution is 2.33. The Morgan fingerprint density at radius 2 is 2.00 bits per heavy atom. The molecule has 3 rings (SSSR count). The van der Waals surface area contributed by atoms with Crippen LogP contribution >= 0.6 is 12.4 Å². The monoisotopic (exact) mass is 384 g/mol. The molecule has 2 fully saturated rings. The zero-order valence-corrected chi connectivity index (χ0v) is 16.7. The first-order valence-corrected chi connectivity index (χ1v) is 9.34. The number of carbonyl (C=O) groups excluding carboxylic acids is 1. The van der Waals surface area contributed by atoms with Gasteiger partial charge in [-0.1, -0.05) is 12.1 Å². The molecule has 4 nitrogen and oxygen atoms in total. The van der Waals surface area contributed by atoms with Crippen molar-refractivity contribution in [3.8, 4) is 0 Å². The molecular formula is C20H30ClFN2O2. The SMILES string of the molecule is CC(C)N1CC2(CCN(CCc3cccc(F)c3)CC2)O[C@H](C)C1=O.Cl. The Kier molecular flexibility index (Phi) is 7.05. The van der Waals surface area contributed by atoms with E-state index in [9.17, 15) is 9.18 Å². The first kappa shape index (κ1) is 21.1. The number of nitrogens with zero attached hydrogens (tertiary/aromatic N) is 2. The number of hydrogen-bond acceptors (Lipinski definition) is 3. The third-order valence-corrected chi connectivity index (χ3v) is 5.51. The Bertz CT molecular complexity index is 618. The molecule has 0 radical (unpaired) electrons. The molecule has 0 aliphatic carbocycles. The molecule has 1 amide bonds. The number of carbonyl (C=O) groups is 1. The molecule has 1 aromatic rings. The average Bonchev–Trinajstić information content (AvgIpc) is 2.58. The van der Waals surface area contributed by atoms with Crippen LogP contribution in [0, 0.1) is 5.82 Å². The van der Waals surface area contributed by atoms with Crippen molar-refractivity contribution in [1.82, 2.24) is 9.80 Å². The first-order valence-electron chi connectivity index (χ1n) is 9.34. The quantitative estimate of drug-likeness (QED) is 0.798. The number of likely N-dealkylation sites (tertiary alicyclic amines) is 1. The Balaban J connectivity index is 0.00000243. The summed E-state index contributed by atoms with van der Waals surface area (Å²) in [6.07, 6.45) is 2.39. The molecule has 6 heteroatoms. The van der Waals surface area contributed by atoms with Gasteiger partial charge in [0.2, 0.25) is 0 Å². The molecule has 0 bridgehead atoms. The topological polar surface area (TPSA) is 32.8 Å². The zero-order valence-electron chi connectivity index (χ0n) is 15.9. The van der Waals surface area contributed by atoms with Gasteiger partial charge in [-0.05, 0) is 57.7 Å². The van der Waals surface area contributed by atoms with E-state index in [1.165, 1.54) is 6.07 Å². The van der Waals surface area contributed by atoms with Crippen LogP contribution in [0.2, 0.25) is 0 Å². The summed E-state index contributed by atoms with van der Waals surface area (Å²) in [6, 6.07) is 7.06. The lowest BCUT2D eigenvalue weighted by molar-refractivity contribution is -0.192. The van der Waals surface area contributed by atoms with Crippen LogP contribution in [-0.2, 0) is 16.0 Å². The average molecular weight is 385 g/mol.